The van der Waals surface area contributed by atoms with Crippen LogP contribution in [0.5, 0.6) is 0 Å². The fourth-order valence-electron chi connectivity index (χ4n) is 3.24. The van der Waals surface area contributed by atoms with Gasteiger partial charge in [-0.25, -0.2) is 0 Å². The molecule has 1 aromatic heterocycles. The van der Waals surface area contributed by atoms with Gasteiger partial charge in [0.15, 0.2) is 0 Å². The van der Waals surface area contributed by atoms with Gasteiger partial charge in [-0.2, -0.15) is 0 Å². The van der Waals surface area contributed by atoms with E-state index in [4.69, 9.17) is 11.6 Å². The van der Waals surface area contributed by atoms with Gasteiger partial charge in [-0.15, -0.1) is 11.3 Å². The van der Waals surface area contributed by atoms with E-state index in [2.05, 4.69) is 39.1 Å². The molecule has 1 aromatic rings. The quantitative estimate of drug-likeness (QED) is 0.786. The Morgan fingerprint density at radius 1 is 1.25 bits per heavy atom. The third-order valence-electron chi connectivity index (χ3n) is 4.39. The first-order valence-corrected chi connectivity index (χ1v) is 9.02. The zero-order valence-electron chi connectivity index (χ0n) is 13.2. The van der Waals surface area contributed by atoms with Gasteiger partial charge in [-0.3, -0.25) is 0 Å². The molecule has 1 N–H and O–H groups in total. The number of hydrogen-bond acceptors (Lipinski definition) is 2. The lowest BCUT2D eigenvalue weighted by Gasteiger charge is -2.36. The standard InChI is InChI=1S/C17H28ClNS/c1-12-5-6-13(11-19-17(2,3)4)14(9-12)10-15-7-8-16(18)20-15/h7-8,12-14,19H,5-6,9-11H2,1-4H3. The molecule has 0 aliphatic heterocycles. The van der Waals surface area contributed by atoms with E-state index in [1.807, 2.05) is 6.07 Å². The molecule has 0 amide bonds. The van der Waals surface area contributed by atoms with E-state index in [1.165, 1.54) is 30.6 Å². The van der Waals surface area contributed by atoms with E-state index < -0.39 is 0 Å². The van der Waals surface area contributed by atoms with Crippen molar-refractivity contribution in [3.8, 4) is 0 Å². The van der Waals surface area contributed by atoms with Crippen molar-refractivity contribution in [2.24, 2.45) is 17.8 Å². The lowest BCUT2D eigenvalue weighted by molar-refractivity contribution is 0.175. The van der Waals surface area contributed by atoms with Crippen LogP contribution in [0, 0.1) is 17.8 Å². The van der Waals surface area contributed by atoms with Crippen molar-refractivity contribution < 1.29 is 0 Å². The second-order valence-electron chi connectivity index (χ2n) is 7.48. The monoisotopic (exact) mass is 313 g/mol. The molecule has 1 aliphatic carbocycles. The first-order chi connectivity index (χ1) is 9.33. The third kappa shape index (κ3) is 5.05. The van der Waals surface area contributed by atoms with Gasteiger partial charge in [0.2, 0.25) is 0 Å². The van der Waals surface area contributed by atoms with Crippen LogP contribution in [0.2, 0.25) is 4.34 Å². The van der Waals surface area contributed by atoms with Crippen molar-refractivity contribution in [2.45, 2.75) is 58.9 Å². The zero-order valence-corrected chi connectivity index (χ0v) is 14.8. The van der Waals surface area contributed by atoms with Crippen LogP contribution in [0.3, 0.4) is 0 Å². The van der Waals surface area contributed by atoms with Crippen LogP contribution in [-0.2, 0) is 6.42 Å². The minimum Gasteiger partial charge on any atom is -0.312 e. The summed E-state index contributed by atoms with van der Waals surface area (Å²) >= 11 is 7.82. The van der Waals surface area contributed by atoms with Gasteiger partial charge in [-0.1, -0.05) is 24.9 Å². The molecule has 1 heterocycles. The van der Waals surface area contributed by atoms with Crippen LogP contribution in [0.25, 0.3) is 0 Å². The molecule has 0 aromatic carbocycles. The summed E-state index contributed by atoms with van der Waals surface area (Å²) < 4.78 is 0.924. The average molecular weight is 314 g/mol. The lowest BCUT2D eigenvalue weighted by Crippen LogP contribution is -2.42. The highest BCUT2D eigenvalue weighted by molar-refractivity contribution is 7.16. The predicted molar refractivity (Wildman–Crippen MR) is 90.8 cm³/mol. The highest BCUT2D eigenvalue weighted by atomic mass is 35.5. The number of nitrogens with one attached hydrogen (secondary N) is 1. The molecule has 20 heavy (non-hydrogen) atoms. The van der Waals surface area contributed by atoms with Gasteiger partial charge in [0.05, 0.1) is 4.34 Å². The fourth-order valence-corrected chi connectivity index (χ4v) is 4.42. The van der Waals surface area contributed by atoms with E-state index in [-0.39, 0.29) is 5.54 Å². The van der Waals surface area contributed by atoms with Crippen molar-refractivity contribution in [1.82, 2.24) is 5.32 Å². The number of hydrogen-bond donors (Lipinski definition) is 1. The van der Waals surface area contributed by atoms with E-state index in [0.29, 0.717) is 0 Å². The highest BCUT2D eigenvalue weighted by Crippen LogP contribution is 2.37. The van der Waals surface area contributed by atoms with Crippen molar-refractivity contribution in [2.75, 3.05) is 6.54 Å². The van der Waals surface area contributed by atoms with Crippen LogP contribution in [0.1, 0.15) is 51.8 Å². The molecule has 1 nitrogen and oxygen atoms in total. The van der Waals surface area contributed by atoms with E-state index in [1.54, 1.807) is 11.3 Å². The maximum Gasteiger partial charge on any atom is 0.0931 e. The number of thiophene rings is 1. The Balaban J connectivity index is 1.97. The second kappa shape index (κ2) is 6.81. The topological polar surface area (TPSA) is 12.0 Å². The Labute approximate surface area is 133 Å². The van der Waals surface area contributed by atoms with Gasteiger partial charge in [-0.05, 0) is 76.5 Å². The Morgan fingerprint density at radius 2 is 2.00 bits per heavy atom. The first-order valence-electron chi connectivity index (χ1n) is 7.83. The van der Waals surface area contributed by atoms with Crippen molar-refractivity contribution in [3.63, 3.8) is 0 Å². The average Bonchev–Trinajstić information content (AvgIpc) is 2.72. The van der Waals surface area contributed by atoms with Crippen LogP contribution in [-0.4, -0.2) is 12.1 Å². The SMILES string of the molecule is CC1CCC(CNC(C)(C)C)C(Cc2ccc(Cl)s2)C1. The second-order valence-corrected chi connectivity index (χ2v) is 9.28. The Morgan fingerprint density at radius 3 is 2.60 bits per heavy atom. The van der Waals surface area contributed by atoms with Crippen LogP contribution >= 0.6 is 22.9 Å². The summed E-state index contributed by atoms with van der Waals surface area (Å²) in [6, 6.07) is 4.25. The van der Waals surface area contributed by atoms with Crippen LogP contribution in [0.4, 0.5) is 0 Å². The van der Waals surface area contributed by atoms with Crippen LogP contribution < -0.4 is 5.32 Å². The summed E-state index contributed by atoms with van der Waals surface area (Å²) in [7, 11) is 0. The van der Waals surface area contributed by atoms with Gasteiger partial charge >= 0.3 is 0 Å². The molecule has 3 atom stereocenters. The van der Waals surface area contributed by atoms with Gasteiger partial charge in [0.1, 0.15) is 0 Å². The summed E-state index contributed by atoms with van der Waals surface area (Å²) in [5, 5.41) is 3.70. The summed E-state index contributed by atoms with van der Waals surface area (Å²) in [4.78, 5) is 1.45. The van der Waals surface area contributed by atoms with Gasteiger partial charge in [0.25, 0.3) is 0 Å². The van der Waals surface area contributed by atoms with Gasteiger partial charge in [0, 0.05) is 10.4 Å². The molecule has 0 bridgehead atoms. The smallest absolute Gasteiger partial charge is 0.0931 e. The van der Waals surface area contributed by atoms with E-state index in [0.717, 1.165) is 28.6 Å². The number of rotatable bonds is 4. The molecule has 3 unspecified atom stereocenters. The normalized spacial score (nSPS) is 27.8. The molecule has 2 rings (SSSR count). The third-order valence-corrected chi connectivity index (χ3v) is 5.64. The minimum absolute atomic E-state index is 0.222. The molecule has 114 valence electrons. The Bertz CT molecular complexity index is 421. The molecule has 1 saturated carbocycles. The Kier molecular flexibility index (Phi) is 5.56. The van der Waals surface area contributed by atoms with Crippen molar-refractivity contribution in [1.29, 1.82) is 0 Å². The minimum atomic E-state index is 0.222. The van der Waals surface area contributed by atoms with Crippen molar-refractivity contribution in [3.05, 3.63) is 21.3 Å². The largest absolute Gasteiger partial charge is 0.312 e. The molecule has 0 radical (unpaired) electrons. The lowest BCUT2D eigenvalue weighted by atomic mass is 9.73. The fraction of sp³-hybridized carbons (Fsp3) is 0.765. The molecule has 1 fully saturated rings. The summed E-state index contributed by atoms with van der Waals surface area (Å²) in [6.45, 7) is 10.3. The predicted octanol–water partition coefficient (Wildman–Crippen LogP) is 5.38. The first kappa shape index (κ1) is 16.3. The van der Waals surface area contributed by atoms with E-state index in [9.17, 15) is 0 Å². The maximum absolute atomic E-state index is 6.07. The van der Waals surface area contributed by atoms with E-state index >= 15 is 0 Å². The molecule has 0 spiro atoms. The maximum atomic E-state index is 6.07. The van der Waals surface area contributed by atoms with Crippen molar-refractivity contribution >= 4 is 22.9 Å². The van der Waals surface area contributed by atoms with Crippen LogP contribution in [0.15, 0.2) is 12.1 Å². The summed E-state index contributed by atoms with van der Waals surface area (Å²) in [5.74, 6) is 2.50. The summed E-state index contributed by atoms with van der Waals surface area (Å²) in [5.41, 5.74) is 0.222. The molecule has 0 saturated heterocycles. The number of halogens is 1. The molecule has 3 heteroatoms. The highest BCUT2D eigenvalue weighted by Gasteiger charge is 2.29. The van der Waals surface area contributed by atoms with Gasteiger partial charge < -0.3 is 5.32 Å². The molecular formula is C17H28ClNS. The zero-order chi connectivity index (χ0) is 14.8. The Hall–Kier alpha value is -0.0500. The molecule has 1 aliphatic rings. The summed E-state index contributed by atoms with van der Waals surface area (Å²) in [6.07, 6.45) is 5.33. The molecular weight excluding hydrogens is 286 g/mol.